The molecule has 0 saturated heterocycles. The summed E-state index contributed by atoms with van der Waals surface area (Å²) in [7, 11) is 3.05. The molecule has 0 spiro atoms. The van der Waals surface area contributed by atoms with Crippen molar-refractivity contribution in [3.63, 3.8) is 0 Å². The fourth-order valence-electron chi connectivity index (χ4n) is 2.63. The molecule has 0 fully saturated rings. The predicted molar refractivity (Wildman–Crippen MR) is 91.3 cm³/mol. The van der Waals surface area contributed by atoms with Crippen LogP contribution in [0.3, 0.4) is 0 Å². The average Bonchev–Trinajstić information content (AvgIpc) is 2.57. The number of rotatable bonds is 4. The normalized spacial score (nSPS) is 11.3. The summed E-state index contributed by atoms with van der Waals surface area (Å²) in [6.07, 6.45) is 2.71. The minimum absolute atomic E-state index is 0.156. The van der Waals surface area contributed by atoms with Gasteiger partial charge in [-0.3, -0.25) is 4.98 Å². The standard InChI is InChI=1S/C19H18NP/c21-19(16-9-3-1-4-10-16,17-11-5-2-6-12-17)15-18-13-7-8-14-20-18/h1-14H,15,21H2. The summed E-state index contributed by atoms with van der Waals surface area (Å²) >= 11 is 0. The maximum atomic E-state index is 4.50. The quantitative estimate of drug-likeness (QED) is 0.647. The molecule has 2 heteroatoms. The molecule has 3 rings (SSSR count). The van der Waals surface area contributed by atoms with Crippen molar-refractivity contribution in [1.29, 1.82) is 0 Å². The third kappa shape index (κ3) is 3.04. The van der Waals surface area contributed by atoms with Crippen LogP contribution in [0.5, 0.6) is 0 Å². The molecule has 0 aliphatic carbocycles. The lowest BCUT2D eigenvalue weighted by molar-refractivity contribution is 0.718. The van der Waals surface area contributed by atoms with Crippen LogP contribution >= 0.6 is 9.24 Å². The van der Waals surface area contributed by atoms with Gasteiger partial charge in [-0.05, 0) is 23.3 Å². The van der Waals surface area contributed by atoms with Crippen molar-refractivity contribution in [1.82, 2.24) is 4.98 Å². The zero-order chi connectivity index (χ0) is 14.5. The summed E-state index contributed by atoms with van der Waals surface area (Å²) < 4.78 is 0. The number of nitrogens with zero attached hydrogens (tertiary/aromatic N) is 1. The largest absolute Gasteiger partial charge is 0.261 e. The minimum atomic E-state index is -0.156. The molecular formula is C19H18NP. The fraction of sp³-hybridized carbons (Fsp3) is 0.105. The summed E-state index contributed by atoms with van der Waals surface area (Å²) in [4.78, 5) is 4.50. The molecule has 0 N–H and O–H groups in total. The Morgan fingerprint density at radius 2 is 1.24 bits per heavy atom. The molecule has 1 heterocycles. The Labute approximate surface area is 128 Å². The highest BCUT2D eigenvalue weighted by molar-refractivity contribution is 7.19. The lowest BCUT2D eigenvalue weighted by Gasteiger charge is -2.30. The van der Waals surface area contributed by atoms with Crippen LogP contribution in [0, 0.1) is 0 Å². The maximum absolute atomic E-state index is 4.50. The van der Waals surface area contributed by atoms with Crippen LogP contribution in [-0.2, 0) is 11.6 Å². The van der Waals surface area contributed by atoms with E-state index in [2.05, 4.69) is 81.0 Å². The second kappa shape index (κ2) is 6.20. The molecule has 0 radical (unpaired) electrons. The van der Waals surface area contributed by atoms with Crippen LogP contribution in [0.4, 0.5) is 0 Å². The van der Waals surface area contributed by atoms with Crippen molar-refractivity contribution in [3.8, 4) is 0 Å². The number of benzene rings is 2. The van der Waals surface area contributed by atoms with E-state index in [1.54, 1.807) is 0 Å². The molecule has 1 nitrogen and oxygen atoms in total. The molecule has 3 aromatic rings. The molecule has 0 bridgehead atoms. The van der Waals surface area contributed by atoms with Gasteiger partial charge in [0.25, 0.3) is 0 Å². The Morgan fingerprint density at radius 3 is 1.71 bits per heavy atom. The average molecular weight is 291 g/mol. The monoisotopic (exact) mass is 291 g/mol. The SMILES string of the molecule is PC(Cc1ccccn1)(c1ccccc1)c1ccccc1. The highest BCUT2D eigenvalue weighted by atomic mass is 31.0. The van der Waals surface area contributed by atoms with Gasteiger partial charge in [-0.1, -0.05) is 66.7 Å². The Balaban J connectivity index is 2.07. The maximum Gasteiger partial charge on any atom is 0.0419 e. The van der Waals surface area contributed by atoms with E-state index in [9.17, 15) is 0 Å². The molecule has 0 aliphatic rings. The van der Waals surface area contributed by atoms with Gasteiger partial charge in [-0.2, -0.15) is 0 Å². The highest BCUT2D eigenvalue weighted by Crippen LogP contribution is 2.41. The van der Waals surface area contributed by atoms with Crippen LogP contribution in [0.2, 0.25) is 0 Å². The van der Waals surface area contributed by atoms with Gasteiger partial charge in [0.2, 0.25) is 0 Å². The second-order valence-electron chi connectivity index (χ2n) is 5.20. The van der Waals surface area contributed by atoms with E-state index in [0.717, 1.165) is 12.1 Å². The molecule has 2 aromatic carbocycles. The first-order chi connectivity index (χ1) is 10.3. The Morgan fingerprint density at radius 1 is 0.714 bits per heavy atom. The van der Waals surface area contributed by atoms with E-state index in [4.69, 9.17) is 0 Å². The Kier molecular flexibility index (Phi) is 4.13. The molecular weight excluding hydrogens is 273 g/mol. The zero-order valence-electron chi connectivity index (χ0n) is 11.8. The van der Waals surface area contributed by atoms with E-state index >= 15 is 0 Å². The van der Waals surface area contributed by atoms with E-state index in [1.807, 2.05) is 18.3 Å². The first kappa shape index (κ1) is 14.0. The fourth-order valence-corrected chi connectivity index (χ4v) is 3.22. The summed E-state index contributed by atoms with van der Waals surface area (Å²) in [5.41, 5.74) is 3.67. The molecule has 21 heavy (non-hydrogen) atoms. The first-order valence-corrected chi connectivity index (χ1v) is 7.66. The third-order valence-corrected chi connectivity index (χ3v) is 4.63. The van der Waals surface area contributed by atoms with Gasteiger partial charge in [-0.25, -0.2) is 0 Å². The Bertz CT molecular complexity index is 641. The molecule has 0 aliphatic heterocycles. The number of hydrogen-bond acceptors (Lipinski definition) is 1. The van der Waals surface area contributed by atoms with Gasteiger partial charge in [0.15, 0.2) is 0 Å². The smallest absolute Gasteiger partial charge is 0.0419 e. The van der Waals surface area contributed by atoms with Crippen LogP contribution in [-0.4, -0.2) is 4.98 Å². The van der Waals surface area contributed by atoms with Gasteiger partial charge < -0.3 is 0 Å². The van der Waals surface area contributed by atoms with E-state index in [0.29, 0.717) is 0 Å². The molecule has 0 amide bonds. The lowest BCUT2D eigenvalue weighted by Crippen LogP contribution is -2.23. The third-order valence-electron chi connectivity index (χ3n) is 3.76. The van der Waals surface area contributed by atoms with Gasteiger partial charge >= 0.3 is 0 Å². The summed E-state index contributed by atoms with van der Waals surface area (Å²) in [6.45, 7) is 0. The predicted octanol–water partition coefficient (Wildman–Crippen LogP) is 4.44. The van der Waals surface area contributed by atoms with Crippen LogP contribution < -0.4 is 0 Å². The van der Waals surface area contributed by atoms with Crippen molar-refractivity contribution in [2.45, 2.75) is 11.6 Å². The van der Waals surface area contributed by atoms with E-state index < -0.39 is 0 Å². The van der Waals surface area contributed by atoms with E-state index in [-0.39, 0.29) is 5.16 Å². The van der Waals surface area contributed by atoms with Gasteiger partial charge in [0.1, 0.15) is 0 Å². The van der Waals surface area contributed by atoms with Crippen molar-refractivity contribution >= 4 is 9.24 Å². The summed E-state index contributed by atoms with van der Waals surface area (Å²) in [5, 5.41) is -0.156. The molecule has 1 aromatic heterocycles. The Hall–Kier alpha value is -1.98. The summed E-state index contributed by atoms with van der Waals surface area (Å²) in [5.74, 6) is 0. The van der Waals surface area contributed by atoms with Crippen molar-refractivity contribution in [3.05, 3.63) is 102 Å². The van der Waals surface area contributed by atoms with Crippen LogP contribution in [0.25, 0.3) is 0 Å². The first-order valence-electron chi connectivity index (χ1n) is 7.09. The topological polar surface area (TPSA) is 12.9 Å². The summed E-state index contributed by atoms with van der Waals surface area (Å²) in [6, 6.07) is 27.3. The molecule has 1 atom stereocenters. The van der Waals surface area contributed by atoms with Crippen LogP contribution in [0.1, 0.15) is 16.8 Å². The second-order valence-corrected chi connectivity index (χ2v) is 6.19. The van der Waals surface area contributed by atoms with Gasteiger partial charge in [0, 0.05) is 23.5 Å². The molecule has 1 unspecified atom stereocenters. The van der Waals surface area contributed by atoms with Crippen molar-refractivity contribution < 1.29 is 0 Å². The van der Waals surface area contributed by atoms with E-state index in [1.165, 1.54) is 11.1 Å². The zero-order valence-corrected chi connectivity index (χ0v) is 13.0. The molecule has 104 valence electrons. The minimum Gasteiger partial charge on any atom is -0.261 e. The molecule has 0 saturated carbocycles. The number of hydrogen-bond donors (Lipinski definition) is 0. The van der Waals surface area contributed by atoms with Crippen molar-refractivity contribution in [2.24, 2.45) is 0 Å². The van der Waals surface area contributed by atoms with Crippen molar-refractivity contribution in [2.75, 3.05) is 0 Å². The highest BCUT2D eigenvalue weighted by Gasteiger charge is 2.29. The van der Waals surface area contributed by atoms with Gasteiger partial charge in [0.05, 0.1) is 0 Å². The van der Waals surface area contributed by atoms with Crippen LogP contribution in [0.15, 0.2) is 85.1 Å². The van der Waals surface area contributed by atoms with Gasteiger partial charge in [-0.15, -0.1) is 9.24 Å². The number of pyridine rings is 1. The number of aromatic nitrogens is 1. The lowest BCUT2D eigenvalue weighted by atomic mass is 9.86.